The van der Waals surface area contributed by atoms with Crippen LogP contribution in [0.5, 0.6) is 0 Å². The number of hydrogen-bond donors (Lipinski definition) is 4. The van der Waals surface area contributed by atoms with Crippen LogP contribution in [0.1, 0.15) is 13.8 Å². The van der Waals surface area contributed by atoms with Crippen molar-refractivity contribution in [1.82, 2.24) is 0 Å². The molecule has 0 aliphatic rings. The first-order chi connectivity index (χ1) is 6.13. The van der Waals surface area contributed by atoms with Gasteiger partial charge in [-0.1, -0.05) is 19.9 Å². The van der Waals surface area contributed by atoms with Gasteiger partial charge in [-0.15, -0.1) is 0 Å². The average Bonchev–Trinajstić information content (AvgIpc) is 1.80. The highest BCUT2D eigenvalue weighted by Gasteiger charge is 1.84. The summed E-state index contributed by atoms with van der Waals surface area (Å²) in [5, 5.41) is 0. The van der Waals surface area contributed by atoms with Crippen molar-refractivity contribution in [2.45, 2.75) is 13.8 Å². The van der Waals surface area contributed by atoms with Crippen molar-refractivity contribution in [3.63, 3.8) is 0 Å². The summed E-state index contributed by atoms with van der Waals surface area (Å²) in [7, 11) is -4.67. The molecule has 0 radical (unpaired) electrons. The van der Waals surface area contributed by atoms with Gasteiger partial charge >= 0.3 is 10.4 Å². The maximum absolute atomic E-state index is 8.74. The Kier molecular flexibility index (Phi) is 8.01. The molecule has 0 unspecified atom stereocenters. The van der Waals surface area contributed by atoms with E-state index in [-0.39, 0.29) is 5.96 Å². The Morgan fingerprint density at radius 1 is 1.36 bits per heavy atom. The highest BCUT2D eigenvalue weighted by atomic mass is 32.3. The summed E-state index contributed by atoms with van der Waals surface area (Å²) >= 11 is 0. The Bertz CT molecular complexity index is 282. The molecule has 0 spiro atoms. The molecular formula is C6H15N3O4S. The van der Waals surface area contributed by atoms with Crippen LogP contribution in [0.3, 0.4) is 0 Å². The molecule has 0 saturated carbocycles. The molecule has 0 aliphatic carbocycles. The number of nitrogens with zero attached hydrogens (tertiary/aromatic N) is 1. The van der Waals surface area contributed by atoms with Gasteiger partial charge in [-0.2, -0.15) is 8.42 Å². The molecule has 0 aromatic heterocycles. The molecule has 14 heavy (non-hydrogen) atoms. The maximum atomic E-state index is 8.74. The predicted octanol–water partition coefficient (Wildman–Crippen LogP) is -0.223. The molecule has 0 aromatic rings. The average molecular weight is 225 g/mol. The smallest absolute Gasteiger partial charge is 0.370 e. The SMILES string of the molecule is CC(C)/C=C/N=C(N)N.O=S(=O)(O)O. The van der Waals surface area contributed by atoms with Crippen LogP contribution in [0.15, 0.2) is 17.3 Å². The molecule has 0 atom stereocenters. The van der Waals surface area contributed by atoms with Crippen molar-refractivity contribution < 1.29 is 17.5 Å². The molecule has 0 rings (SSSR count). The van der Waals surface area contributed by atoms with Crippen LogP contribution in [-0.4, -0.2) is 23.5 Å². The minimum Gasteiger partial charge on any atom is -0.370 e. The van der Waals surface area contributed by atoms with E-state index in [0.717, 1.165) is 0 Å². The lowest BCUT2D eigenvalue weighted by atomic mass is 10.2. The molecule has 7 nitrogen and oxygen atoms in total. The van der Waals surface area contributed by atoms with Crippen molar-refractivity contribution in [1.29, 1.82) is 0 Å². The fraction of sp³-hybridized carbons (Fsp3) is 0.500. The summed E-state index contributed by atoms with van der Waals surface area (Å²) < 4.78 is 31.6. The quantitative estimate of drug-likeness (QED) is 0.291. The largest absolute Gasteiger partial charge is 0.394 e. The van der Waals surface area contributed by atoms with E-state index in [1.54, 1.807) is 6.20 Å². The van der Waals surface area contributed by atoms with Gasteiger partial charge in [0, 0.05) is 6.20 Å². The Balaban J connectivity index is 0. The van der Waals surface area contributed by atoms with Gasteiger partial charge in [0.1, 0.15) is 0 Å². The third-order valence-corrected chi connectivity index (χ3v) is 0.695. The summed E-state index contributed by atoms with van der Waals surface area (Å²) in [5.74, 6) is 0.597. The molecule has 8 heteroatoms. The monoisotopic (exact) mass is 225 g/mol. The molecule has 0 amide bonds. The lowest BCUT2D eigenvalue weighted by molar-refractivity contribution is 0.381. The first-order valence-corrected chi connectivity index (χ1v) is 4.98. The zero-order valence-electron chi connectivity index (χ0n) is 7.95. The van der Waals surface area contributed by atoms with E-state index in [2.05, 4.69) is 18.8 Å². The highest BCUT2D eigenvalue weighted by molar-refractivity contribution is 7.79. The van der Waals surface area contributed by atoms with Crippen molar-refractivity contribution in [3.05, 3.63) is 12.3 Å². The summed E-state index contributed by atoms with van der Waals surface area (Å²) in [6.45, 7) is 4.11. The number of aliphatic imine (C=N–C) groups is 1. The molecule has 0 aliphatic heterocycles. The van der Waals surface area contributed by atoms with Gasteiger partial charge in [0.25, 0.3) is 0 Å². The molecular weight excluding hydrogens is 210 g/mol. The van der Waals surface area contributed by atoms with Crippen LogP contribution >= 0.6 is 0 Å². The number of nitrogens with two attached hydrogens (primary N) is 2. The van der Waals surface area contributed by atoms with Gasteiger partial charge in [0.05, 0.1) is 0 Å². The number of allylic oxidation sites excluding steroid dienone is 1. The van der Waals surface area contributed by atoms with Gasteiger partial charge in [0.2, 0.25) is 0 Å². The second-order valence-electron chi connectivity index (χ2n) is 2.59. The van der Waals surface area contributed by atoms with E-state index in [4.69, 9.17) is 29.0 Å². The van der Waals surface area contributed by atoms with Gasteiger partial charge in [-0.3, -0.25) is 9.11 Å². The standard InChI is InChI=1S/C6H13N3.H2O4S/c1-5(2)3-4-9-6(7)8;1-5(2,3)4/h3-5H,1-2H3,(H4,7,8,9);(H2,1,2,3,4)/b4-3+;. The molecule has 0 fully saturated rings. The highest BCUT2D eigenvalue weighted by Crippen LogP contribution is 1.92. The number of guanidine groups is 1. The van der Waals surface area contributed by atoms with Crippen LogP contribution in [-0.2, 0) is 10.4 Å². The number of rotatable bonds is 2. The van der Waals surface area contributed by atoms with Gasteiger partial charge in [-0.25, -0.2) is 4.99 Å². The molecule has 0 heterocycles. The summed E-state index contributed by atoms with van der Waals surface area (Å²) in [5.41, 5.74) is 10.1. The van der Waals surface area contributed by atoms with Crippen LogP contribution in [0.2, 0.25) is 0 Å². The van der Waals surface area contributed by atoms with Crippen molar-refractivity contribution in [2.24, 2.45) is 22.4 Å². The van der Waals surface area contributed by atoms with Gasteiger partial charge in [0.15, 0.2) is 5.96 Å². The first-order valence-electron chi connectivity index (χ1n) is 3.58. The minimum atomic E-state index is -4.67. The fourth-order valence-electron chi connectivity index (χ4n) is 0.301. The van der Waals surface area contributed by atoms with Gasteiger partial charge in [-0.05, 0) is 5.92 Å². The second kappa shape index (κ2) is 7.30. The van der Waals surface area contributed by atoms with E-state index in [1.165, 1.54) is 0 Å². The van der Waals surface area contributed by atoms with E-state index >= 15 is 0 Å². The van der Waals surface area contributed by atoms with E-state index in [1.807, 2.05) is 6.08 Å². The van der Waals surface area contributed by atoms with Crippen LogP contribution < -0.4 is 11.5 Å². The molecule has 0 aromatic carbocycles. The number of hydrogen-bond acceptors (Lipinski definition) is 3. The lowest BCUT2D eigenvalue weighted by Crippen LogP contribution is -2.21. The van der Waals surface area contributed by atoms with Crippen molar-refractivity contribution >= 4 is 16.4 Å². The topological polar surface area (TPSA) is 139 Å². The van der Waals surface area contributed by atoms with E-state index < -0.39 is 10.4 Å². The lowest BCUT2D eigenvalue weighted by Gasteiger charge is -1.89. The third kappa shape index (κ3) is 44.6. The molecule has 0 saturated heterocycles. The normalized spacial score (nSPS) is 10.9. The van der Waals surface area contributed by atoms with Crippen LogP contribution in [0.4, 0.5) is 0 Å². The van der Waals surface area contributed by atoms with E-state index in [9.17, 15) is 0 Å². The fourth-order valence-corrected chi connectivity index (χ4v) is 0.301. The minimum absolute atomic E-state index is 0.104. The van der Waals surface area contributed by atoms with Crippen LogP contribution in [0, 0.1) is 5.92 Å². The molecule has 0 bridgehead atoms. The summed E-state index contributed by atoms with van der Waals surface area (Å²) in [6.07, 6.45) is 3.53. The molecule has 6 N–H and O–H groups in total. The third-order valence-electron chi connectivity index (χ3n) is 0.695. The zero-order chi connectivity index (χ0) is 11.8. The summed E-state index contributed by atoms with van der Waals surface area (Å²) in [4.78, 5) is 3.66. The zero-order valence-corrected chi connectivity index (χ0v) is 8.77. The molecule has 84 valence electrons. The Hall–Kier alpha value is -1.12. The Labute approximate surface area is 83.1 Å². The van der Waals surface area contributed by atoms with E-state index in [0.29, 0.717) is 5.92 Å². The van der Waals surface area contributed by atoms with Crippen LogP contribution in [0.25, 0.3) is 0 Å². The van der Waals surface area contributed by atoms with Crippen molar-refractivity contribution in [2.75, 3.05) is 0 Å². The van der Waals surface area contributed by atoms with Gasteiger partial charge < -0.3 is 11.5 Å². The first kappa shape index (κ1) is 15.4. The second-order valence-corrected chi connectivity index (χ2v) is 3.48. The summed E-state index contributed by atoms with van der Waals surface area (Å²) in [6, 6.07) is 0. The maximum Gasteiger partial charge on any atom is 0.394 e. The Morgan fingerprint density at radius 3 is 1.93 bits per heavy atom. The Morgan fingerprint density at radius 2 is 1.71 bits per heavy atom. The predicted molar refractivity (Wildman–Crippen MR) is 54.0 cm³/mol. The van der Waals surface area contributed by atoms with Crippen molar-refractivity contribution in [3.8, 4) is 0 Å².